The summed E-state index contributed by atoms with van der Waals surface area (Å²) in [6.45, 7) is 0.330. The normalized spacial score (nSPS) is 12.1. The molecule has 0 spiro atoms. The standard InChI is InChI=1S/C13H18ClNO2/c1-15-12(7-8-14)9-13(16)17-10-11-5-3-2-4-6-11/h2-6,12,15H,7-10H2,1H3. The third-order valence-corrected chi connectivity index (χ3v) is 2.74. The topological polar surface area (TPSA) is 38.3 Å². The molecular weight excluding hydrogens is 238 g/mol. The summed E-state index contributed by atoms with van der Waals surface area (Å²) in [5.41, 5.74) is 0.999. The quantitative estimate of drug-likeness (QED) is 0.600. The Kier molecular flexibility index (Phi) is 6.67. The highest BCUT2D eigenvalue weighted by molar-refractivity contribution is 6.17. The second-order valence-electron chi connectivity index (χ2n) is 3.81. The minimum atomic E-state index is -0.196. The first-order valence-corrected chi connectivity index (χ1v) is 6.22. The summed E-state index contributed by atoms with van der Waals surface area (Å²) in [7, 11) is 1.82. The van der Waals surface area contributed by atoms with Gasteiger partial charge in [-0.05, 0) is 19.0 Å². The van der Waals surface area contributed by atoms with Crippen LogP contribution in [0.1, 0.15) is 18.4 Å². The van der Waals surface area contributed by atoms with Crippen molar-refractivity contribution in [3.63, 3.8) is 0 Å². The van der Waals surface area contributed by atoms with Crippen molar-refractivity contribution in [2.45, 2.75) is 25.5 Å². The number of halogens is 1. The van der Waals surface area contributed by atoms with Crippen molar-refractivity contribution in [1.82, 2.24) is 5.32 Å². The Hall–Kier alpha value is -1.06. The van der Waals surface area contributed by atoms with Crippen molar-refractivity contribution in [3.05, 3.63) is 35.9 Å². The average Bonchev–Trinajstić information content (AvgIpc) is 2.37. The van der Waals surface area contributed by atoms with Crippen LogP contribution < -0.4 is 5.32 Å². The molecule has 0 radical (unpaired) electrons. The zero-order valence-corrected chi connectivity index (χ0v) is 10.7. The van der Waals surface area contributed by atoms with E-state index >= 15 is 0 Å². The fourth-order valence-corrected chi connectivity index (χ4v) is 1.74. The van der Waals surface area contributed by atoms with Crippen LogP contribution in [-0.4, -0.2) is 24.9 Å². The van der Waals surface area contributed by atoms with Gasteiger partial charge in [0.2, 0.25) is 0 Å². The van der Waals surface area contributed by atoms with Crippen LogP contribution in [0.5, 0.6) is 0 Å². The summed E-state index contributed by atoms with van der Waals surface area (Å²) in [6.07, 6.45) is 1.12. The zero-order chi connectivity index (χ0) is 12.5. The maximum atomic E-state index is 11.6. The molecule has 0 saturated carbocycles. The molecule has 0 saturated heterocycles. The summed E-state index contributed by atoms with van der Waals surface area (Å²) in [4.78, 5) is 11.6. The Morgan fingerprint density at radius 1 is 1.41 bits per heavy atom. The highest BCUT2D eigenvalue weighted by atomic mass is 35.5. The third-order valence-electron chi connectivity index (χ3n) is 2.52. The smallest absolute Gasteiger partial charge is 0.307 e. The van der Waals surface area contributed by atoms with Gasteiger partial charge in [0.05, 0.1) is 6.42 Å². The predicted octanol–water partition coefficient (Wildman–Crippen LogP) is 2.34. The number of carbonyl (C=O) groups excluding carboxylic acids is 1. The lowest BCUT2D eigenvalue weighted by molar-refractivity contribution is -0.145. The number of hydrogen-bond acceptors (Lipinski definition) is 3. The Morgan fingerprint density at radius 3 is 2.71 bits per heavy atom. The Bertz CT molecular complexity index is 329. The van der Waals surface area contributed by atoms with Crippen LogP contribution >= 0.6 is 11.6 Å². The summed E-state index contributed by atoms with van der Waals surface area (Å²) in [5, 5.41) is 3.05. The fraction of sp³-hybridized carbons (Fsp3) is 0.462. The molecular formula is C13H18ClNO2. The van der Waals surface area contributed by atoms with Gasteiger partial charge in [0, 0.05) is 11.9 Å². The monoisotopic (exact) mass is 255 g/mol. The number of hydrogen-bond donors (Lipinski definition) is 1. The SMILES string of the molecule is CNC(CCCl)CC(=O)OCc1ccccc1. The van der Waals surface area contributed by atoms with E-state index in [0.29, 0.717) is 18.9 Å². The van der Waals surface area contributed by atoms with Crippen LogP contribution in [0.3, 0.4) is 0 Å². The minimum absolute atomic E-state index is 0.0933. The summed E-state index contributed by atoms with van der Waals surface area (Å²) >= 11 is 5.64. The average molecular weight is 256 g/mol. The predicted molar refractivity (Wildman–Crippen MR) is 69.0 cm³/mol. The van der Waals surface area contributed by atoms with Crippen LogP contribution in [0.25, 0.3) is 0 Å². The number of rotatable bonds is 7. The molecule has 4 heteroatoms. The van der Waals surface area contributed by atoms with E-state index in [-0.39, 0.29) is 12.0 Å². The van der Waals surface area contributed by atoms with E-state index in [0.717, 1.165) is 12.0 Å². The third kappa shape index (κ3) is 5.71. The summed E-state index contributed by atoms with van der Waals surface area (Å²) in [6, 6.07) is 9.74. The first kappa shape index (κ1) is 14.0. The molecule has 1 unspecified atom stereocenters. The molecule has 1 N–H and O–H groups in total. The zero-order valence-electron chi connectivity index (χ0n) is 9.99. The van der Waals surface area contributed by atoms with Crippen molar-refractivity contribution in [2.24, 2.45) is 0 Å². The van der Waals surface area contributed by atoms with Gasteiger partial charge in [-0.15, -0.1) is 11.6 Å². The molecule has 94 valence electrons. The minimum Gasteiger partial charge on any atom is -0.461 e. The van der Waals surface area contributed by atoms with Crippen molar-refractivity contribution >= 4 is 17.6 Å². The number of ether oxygens (including phenoxy) is 1. The van der Waals surface area contributed by atoms with Gasteiger partial charge in [0.15, 0.2) is 0 Å². The van der Waals surface area contributed by atoms with Crippen molar-refractivity contribution in [2.75, 3.05) is 12.9 Å². The summed E-state index contributed by atoms with van der Waals surface area (Å²) in [5.74, 6) is 0.343. The van der Waals surface area contributed by atoms with Crippen LogP contribution in [0.15, 0.2) is 30.3 Å². The van der Waals surface area contributed by atoms with Crippen LogP contribution in [0.2, 0.25) is 0 Å². The lowest BCUT2D eigenvalue weighted by Gasteiger charge is -2.13. The molecule has 1 rings (SSSR count). The molecule has 1 aromatic rings. The molecule has 1 atom stereocenters. The van der Waals surface area contributed by atoms with Crippen LogP contribution in [-0.2, 0) is 16.1 Å². The Morgan fingerprint density at radius 2 is 2.12 bits per heavy atom. The Balaban J connectivity index is 2.30. The first-order valence-electron chi connectivity index (χ1n) is 5.69. The fourth-order valence-electron chi connectivity index (χ4n) is 1.48. The number of nitrogens with one attached hydrogen (secondary N) is 1. The molecule has 0 fully saturated rings. The van der Waals surface area contributed by atoms with Gasteiger partial charge in [0.25, 0.3) is 0 Å². The van der Waals surface area contributed by atoms with Crippen molar-refractivity contribution in [1.29, 1.82) is 0 Å². The van der Waals surface area contributed by atoms with E-state index in [1.54, 1.807) is 0 Å². The van der Waals surface area contributed by atoms with Crippen molar-refractivity contribution < 1.29 is 9.53 Å². The molecule has 0 amide bonds. The number of esters is 1. The molecule has 1 aromatic carbocycles. The molecule has 0 aliphatic carbocycles. The van der Waals surface area contributed by atoms with E-state index in [2.05, 4.69) is 5.32 Å². The Labute approximate surface area is 107 Å². The molecule has 0 aliphatic heterocycles. The van der Waals surface area contributed by atoms with Gasteiger partial charge in [-0.25, -0.2) is 0 Å². The second kappa shape index (κ2) is 8.09. The van der Waals surface area contributed by atoms with Crippen LogP contribution in [0.4, 0.5) is 0 Å². The number of carbonyl (C=O) groups is 1. The van der Waals surface area contributed by atoms with E-state index in [4.69, 9.17) is 16.3 Å². The molecule has 0 heterocycles. The van der Waals surface area contributed by atoms with E-state index < -0.39 is 0 Å². The molecule has 3 nitrogen and oxygen atoms in total. The molecule has 17 heavy (non-hydrogen) atoms. The number of alkyl halides is 1. The molecule has 0 bridgehead atoms. The maximum absolute atomic E-state index is 11.6. The maximum Gasteiger partial charge on any atom is 0.307 e. The summed E-state index contributed by atoms with van der Waals surface area (Å²) < 4.78 is 5.18. The van der Waals surface area contributed by atoms with Gasteiger partial charge < -0.3 is 10.1 Å². The lowest BCUT2D eigenvalue weighted by atomic mass is 10.1. The van der Waals surface area contributed by atoms with Gasteiger partial charge in [-0.3, -0.25) is 4.79 Å². The van der Waals surface area contributed by atoms with Crippen molar-refractivity contribution in [3.8, 4) is 0 Å². The van der Waals surface area contributed by atoms with Crippen LogP contribution in [0, 0.1) is 0 Å². The molecule has 0 aromatic heterocycles. The first-order chi connectivity index (χ1) is 8.26. The lowest BCUT2D eigenvalue weighted by Crippen LogP contribution is -2.29. The molecule has 0 aliphatic rings. The number of benzene rings is 1. The second-order valence-corrected chi connectivity index (χ2v) is 4.19. The van der Waals surface area contributed by atoms with Gasteiger partial charge in [-0.1, -0.05) is 30.3 Å². The van der Waals surface area contributed by atoms with E-state index in [1.165, 1.54) is 0 Å². The largest absolute Gasteiger partial charge is 0.461 e. The highest BCUT2D eigenvalue weighted by Gasteiger charge is 2.12. The highest BCUT2D eigenvalue weighted by Crippen LogP contribution is 2.05. The van der Waals surface area contributed by atoms with E-state index in [9.17, 15) is 4.79 Å². The van der Waals surface area contributed by atoms with Gasteiger partial charge in [0.1, 0.15) is 6.61 Å². The van der Waals surface area contributed by atoms with Gasteiger partial charge in [-0.2, -0.15) is 0 Å². The van der Waals surface area contributed by atoms with E-state index in [1.807, 2.05) is 37.4 Å². The van der Waals surface area contributed by atoms with Gasteiger partial charge >= 0.3 is 5.97 Å².